The summed E-state index contributed by atoms with van der Waals surface area (Å²) in [5.74, 6) is 0.104. The first-order valence-corrected chi connectivity index (χ1v) is 21.1. The van der Waals surface area contributed by atoms with Crippen molar-refractivity contribution in [1.82, 2.24) is 35.2 Å². The number of nitrogens with one attached hydrogen (secondary N) is 3. The summed E-state index contributed by atoms with van der Waals surface area (Å²) < 4.78 is 15.4. The summed E-state index contributed by atoms with van der Waals surface area (Å²) in [5, 5.41) is 8.98. The normalized spacial score (nSPS) is 24.3. The molecule has 1 aromatic heterocycles. The van der Waals surface area contributed by atoms with Gasteiger partial charge in [0.15, 0.2) is 6.17 Å². The molecular weight excluding hydrogens is 740 g/mol. The predicted octanol–water partition coefficient (Wildman–Crippen LogP) is 4.03. The number of aromatic nitrogens is 1. The van der Waals surface area contributed by atoms with Crippen LogP contribution >= 0.6 is 0 Å². The minimum absolute atomic E-state index is 0.0114. The number of piperazine rings is 1. The maximum atomic E-state index is 15.4. The fourth-order valence-corrected chi connectivity index (χ4v) is 10.0. The van der Waals surface area contributed by atoms with Gasteiger partial charge in [-0.05, 0) is 106 Å². The number of pyridine rings is 1. The second-order valence-electron chi connectivity index (χ2n) is 16.8. The van der Waals surface area contributed by atoms with Gasteiger partial charge >= 0.3 is 0 Å². The highest BCUT2D eigenvalue weighted by molar-refractivity contribution is 6.05. The van der Waals surface area contributed by atoms with E-state index in [1.807, 2.05) is 29.4 Å². The molecule has 3 saturated heterocycles. The number of fused-ring (bicyclic) bond motifs is 2. The minimum Gasteiger partial charge on any atom is -0.367 e. The summed E-state index contributed by atoms with van der Waals surface area (Å²) >= 11 is 0. The first-order valence-electron chi connectivity index (χ1n) is 21.1. The highest BCUT2D eigenvalue weighted by Crippen LogP contribution is 2.38. The number of anilines is 2. The number of benzene rings is 1. The second-order valence-corrected chi connectivity index (χ2v) is 16.8. The molecule has 7 heterocycles. The number of hydrogen-bond acceptors (Lipinski definition) is 11. The molecule has 1 saturated carbocycles. The maximum Gasteiger partial charge on any atom is 0.255 e. The Kier molecular flexibility index (Phi) is 10.6. The van der Waals surface area contributed by atoms with E-state index in [9.17, 15) is 19.2 Å². The predicted molar refractivity (Wildman–Crippen MR) is 217 cm³/mol. The number of nitrogens with zero attached hydrogens (tertiary/aromatic N) is 7. The van der Waals surface area contributed by atoms with E-state index in [0.29, 0.717) is 42.6 Å². The van der Waals surface area contributed by atoms with E-state index in [-0.39, 0.29) is 55.0 Å². The van der Waals surface area contributed by atoms with Crippen LogP contribution in [0.15, 0.2) is 59.0 Å². The number of carbonyl (C=O) groups is 4. The van der Waals surface area contributed by atoms with Crippen molar-refractivity contribution < 1.29 is 23.6 Å². The van der Waals surface area contributed by atoms with Crippen molar-refractivity contribution in [3.8, 4) is 0 Å². The topological polar surface area (TPSA) is 146 Å². The monoisotopic (exact) mass is 792 g/mol. The molecule has 6 aliphatic heterocycles. The molecule has 0 radical (unpaired) electrons. The van der Waals surface area contributed by atoms with Crippen molar-refractivity contribution in [2.24, 2.45) is 4.99 Å². The summed E-state index contributed by atoms with van der Waals surface area (Å²) in [6.07, 6.45) is 14.5. The summed E-state index contributed by atoms with van der Waals surface area (Å²) in [6.45, 7) is 7.73. The van der Waals surface area contributed by atoms with Gasteiger partial charge in [0.25, 0.3) is 5.91 Å². The van der Waals surface area contributed by atoms with Gasteiger partial charge in [0.2, 0.25) is 23.7 Å². The lowest BCUT2D eigenvalue weighted by Gasteiger charge is -2.36. The molecule has 2 aromatic rings. The fraction of sp³-hybridized carbons (Fsp3) is 0.535. The average Bonchev–Trinajstić information content (AvgIpc) is 3.95. The highest BCUT2D eigenvalue weighted by atomic mass is 19.1. The molecule has 2 atom stereocenters. The molecule has 58 heavy (non-hydrogen) atoms. The SMILES string of the molecule is CC1=CC2=CNC(Nc3ccc(N4CCN(C(=O)CCCN5CCC(c6cc7c(cc6F)C(=O)N(C6CCC(=O)NC6=O)C7)CC5)CC4)cn3)=NC2N1C1CCCC1. The molecule has 9 rings (SSSR count). The van der Waals surface area contributed by atoms with Gasteiger partial charge in [-0.3, -0.25) is 24.5 Å². The Morgan fingerprint density at radius 2 is 1.78 bits per heavy atom. The van der Waals surface area contributed by atoms with Gasteiger partial charge in [-0.25, -0.2) is 14.4 Å². The third-order valence-electron chi connectivity index (χ3n) is 13.2. The molecule has 306 valence electrons. The number of aliphatic imine (C=N–C) groups is 1. The lowest BCUT2D eigenvalue weighted by Crippen LogP contribution is -2.52. The van der Waals surface area contributed by atoms with Gasteiger partial charge in [0.05, 0.1) is 11.9 Å². The van der Waals surface area contributed by atoms with E-state index < -0.39 is 11.9 Å². The first kappa shape index (κ1) is 38.2. The molecule has 14 nitrogen and oxygen atoms in total. The van der Waals surface area contributed by atoms with Gasteiger partial charge in [-0.1, -0.05) is 18.9 Å². The van der Waals surface area contributed by atoms with Crippen LogP contribution in [0.2, 0.25) is 0 Å². The van der Waals surface area contributed by atoms with Crippen molar-refractivity contribution in [2.45, 2.75) is 102 Å². The van der Waals surface area contributed by atoms with E-state index in [1.54, 1.807) is 0 Å². The number of likely N-dealkylation sites (tertiary alicyclic amines) is 1. The zero-order valence-electron chi connectivity index (χ0n) is 33.2. The average molecular weight is 793 g/mol. The van der Waals surface area contributed by atoms with Gasteiger partial charge in [-0.2, -0.15) is 0 Å². The molecule has 4 amide bonds. The largest absolute Gasteiger partial charge is 0.367 e. The Hall–Kier alpha value is -5.31. The van der Waals surface area contributed by atoms with Crippen LogP contribution in [-0.4, -0.2) is 118 Å². The van der Waals surface area contributed by atoms with Crippen molar-refractivity contribution in [3.05, 3.63) is 76.5 Å². The summed E-state index contributed by atoms with van der Waals surface area (Å²) in [5.41, 5.74) is 5.17. The van der Waals surface area contributed by atoms with Crippen LogP contribution in [0.25, 0.3) is 0 Å². The second kappa shape index (κ2) is 16.1. The van der Waals surface area contributed by atoms with Crippen LogP contribution in [0.3, 0.4) is 0 Å². The Bertz CT molecular complexity index is 2050. The molecular formula is C43H53FN10O4. The van der Waals surface area contributed by atoms with E-state index in [1.165, 1.54) is 47.9 Å². The fourth-order valence-electron chi connectivity index (χ4n) is 10.0. The van der Waals surface area contributed by atoms with Gasteiger partial charge in [-0.15, -0.1) is 0 Å². The third kappa shape index (κ3) is 7.68. The lowest BCUT2D eigenvalue weighted by atomic mass is 9.87. The lowest BCUT2D eigenvalue weighted by molar-refractivity contribution is -0.137. The number of amides is 4. The number of carbonyl (C=O) groups excluding carboxylic acids is 4. The van der Waals surface area contributed by atoms with Crippen molar-refractivity contribution >= 4 is 41.1 Å². The standard InChI is InChI=1S/C43H53FN10O4/c1-27-21-29-24-46-43(49-40(29)54(27)31-5-2-3-6-31)47-37-10-8-32(25-45-37)51-17-19-52(20-18-51)39(56)7-4-14-50-15-12-28(13-16-50)33-22-30-26-53(42(58)34(30)23-35(33)44)36-9-11-38(55)48-41(36)57/h8,10,21-25,28,31,36,40H,2-7,9,11-20,26H2,1H3,(H,48,55,57)(H2,45,46,47,49). The number of halogens is 1. The van der Waals surface area contributed by atoms with Gasteiger partial charge in [0, 0.05) is 74.6 Å². The van der Waals surface area contributed by atoms with E-state index in [4.69, 9.17) is 9.98 Å². The number of imide groups is 1. The van der Waals surface area contributed by atoms with Crippen molar-refractivity contribution in [2.75, 3.05) is 56.0 Å². The smallest absolute Gasteiger partial charge is 0.255 e. The molecule has 1 aromatic carbocycles. The molecule has 15 heteroatoms. The number of guanidine groups is 1. The quantitative estimate of drug-likeness (QED) is 0.319. The zero-order chi connectivity index (χ0) is 39.9. The number of rotatable bonds is 9. The molecule has 2 unspecified atom stereocenters. The summed E-state index contributed by atoms with van der Waals surface area (Å²) in [7, 11) is 0. The van der Waals surface area contributed by atoms with Crippen LogP contribution in [0, 0.1) is 5.82 Å². The van der Waals surface area contributed by atoms with E-state index >= 15 is 4.39 Å². The number of allylic oxidation sites excluding steroid dienone is 1. The summed E-state index contributed by atoms with van der Waals surface area (Å²) in [4.78, 5) is 70.6. The third-order valence-corrected chi connectivity index (χ3v) is 13.2. The molecule has 0 spiro atoms. The molecule has 0 bridgehead atoms. The number of piperidine rings is 2. The minimum atomic E-state index is -0.720. The summed E-state index contributed by atoms with van der Waals surface area (Å²) in [6, 6.07) is 7.03. The van der Waals surface area contributed by atoms with Crippen LogP contribution in [0.4, 0.5) is 15.9 Å². The number of hydrogen-bond donors (Lipinski definition) is 3. The van der Waals surface area contributed by atoms with Crippen molar-refractivity contribution in [3.63, 3.8) is 0 Å². The highest BCUT2D eigenvalue weighted by Gasteiger charge is 2.40. The molecule has 4 fully saturated rings. The van der Waals surface area contributed by atoms with Crippen LogP contribution in [-0.2, 0) is 20.9 Å². The Balaban J connectivity index is 0.695. The van der Waals surface area contributed by atoms with Crippen LogP contribution < -0.4 is 20.9 Å². The zero-order valence-corrected chi connectivity index (χ0v) is 33.2. The maximum absolute atomic E-state index is 15.4. The van der Waals surface area contributed by atoms with E-state index in [0.717, 1.165) is 69.1 Å². The molecule has 1 aliphatic carbocycles. The Morgan fingerprint density at radius 3 is 2.52 bits per heavy atom. The van der Waals surface area contributed by atoms with Gasteiger partial charge in [0.1, 0.15) is 17.7 Å². The van der Waals surface area contributed by atoms with Gasteiger partial charge < -0.3 is 35.1 Å². The molecule has 3 N–H and O–H groups in total. The first-order chi connectivity index (χ1) is 28.2. The van der Waals surface area contributed by atoms with Crippen LogP contribution in [0.5, 0.6) is 0 Å². The van der Waals surface area contributed by atoms with Crippen LogP contribution in [0.1, 0.15) is 98.5 Å². The van der Waals surface area contributed by atoms with Crippen molar-refractivity contribution in [1.29, 1.82) is 0 Å². The Morgan fingerprint density at radius 1 is 0.983 bits per heavy atom. The Labute approximate surface area is 338 Å². The van der Waals surface area contributed by atoms with E-state index in [2.05, 4.69) is 49.7 Å². The molecule has 7 aliphatic rings.